The Kier molecular flexibility index (Phi) is 4.12. The SMILES string of the molecule is Cc1cscc1C(Cc1ccncc1Cl)NN. The summed E-state index contributed by atoms with van der Waals surface area (Å²) < 4.78 is 0. The second kappa shape index (κ2) is 5.60. The lowest BCUT2D eigenvalue weighted by molar-refractivity contribution is 0.551. The largest absolute Gasteiger partial charge is 0.271 e. The molecular weight excluding hydrogens is 254 g/mol. The van der Waals surface area contributed by atoms with Gasteiger partial charge in [0.15, 0.2) is 0 Å². The van der Waals surface area contributed by atoms with E-state index in [0.717, 1.165) is 12.0 Å². The van der Waals surface area contributed by atoms with Crippen molar-refractivity contribution in [1.29, 1.82) is 0 Å². The Morgan fingerprint density at radius 3 is 2.94 bits per heavy atom. The molecule has 2 aromatic heterocycles. The second-order valence-electron chi connectivity index (χ2n) is 3.90. The Labute approximate surface area is 110 Å². The Bertz CT molecular complexity index is 498. The summed E-state index contributed by atoms with van der Waals surface area (Å²) in [7, 11) is 0. The smallest absolute Gasteiger partial charge is 0.0622 e. The molecule has 90 valence electrons. The summed E-state index contributed by atoms with van der Waals surface area (Å²) in [4.78, 5) is 3.98. The van der Waals surface area contributed by atoms with E-state index in [1.54, 1.807) is 23.7 Å². The van der Waals surface area contributed by atoms with Gasteiger partial charge in [0.1, 0.15) is 0 Å². The van der Waals surface area contributed by atoms with Gasteiger partial charge in [-0.2, -0.15) is 11.3 Å². The Morgan fingerprint density at radius 2 is 2.35 bits per heavy atom. The zero-order chi connectivity index (χ0) is 12.3. The van der Waals surface area contributed by atoms with Crippen LogP contribution in [-0.2, 0) is 6.42 Å². The summed E-state index contributed by atoms with van der Waals surface area (Å²) >= 11 is 7.78. The average molecular weight is 268 g/mol. The lowest BCUT2D eigenvalue weighted by Crippen LogP contribution is -2.29. The molecule has 1 unspecified atom stereocenters. The maximum absolute atomic E-state index is 6.10. The van der Waals surface area contributed by atoms with Gasteiger partial charge in [0.05, 0.1) is 11.1 Å². The molecule has 0 saturated heterocycles. The van der Waals surface area contributed by atoms with Crippen LogP contribution >= 0.6 is 22.9 Å². The van der Waals surface area contributed by atoms with Crippen molar-refractivity contribution in [2.45, 2.75) is 19.4 Å². The molecule has 2 aromatic rings. The Balaban J connectivity index is 2.22. The van der Waals surface area contributed by atoms with Crippen molar-refractivity contribution in [1.82, 2.24) is 10.4 Å². The van der Waals surface area contributed by atoms with Crippen molar-refractivity contribution in [3.8, 4) is 0 Å². The van der Waals surface area contributed by atoms with Crippen LogP contribution in [0.15, 0.2) is 29.2 Å². The molecule has 0 aliphatic rings. The van der Waals surface area contributed by atoms with E-state index >= 15 is 0 Å². The predicted molar refractivity (Wildman–Crippen MR) is 72.1 cm³/mol. The lowest BCUT2D eigenvalue weighted by Gasteiger charge is -2.16. The molecule has 0 saturated carbocycles. The Morgan fingerprint density at radius 1 is 1.53 bits per heavy atom. The number of aryl methyl sites for hydroxylation is 1. The molecule has 0 aliphatic carbocycles. The van der Waals surface area contributed by atoms with Gasteiger partial charge in [-0.25, -0.2) is 0 Å². The van der Waals surface area contributed by atoms with Crippen molar-refractivity contribution < 1.29 is 0 Å². The van der Waals surface area contributed by atoms with E-state index in [1.165, 1.54) is 11.1 Å². The van der Waals surface area contributed by atoms with E-state index in [0.29, 0.717) is 5.02 Å². The van der Waals surface area contributed by atoms with Crippen LogP contribution in [0.3, 0.4) is 0 Å². The van der Waals surface area contributed by atoms with Crippen LogP contribution in [0.25, 0.3) is 0 Å². The fourth-order valence-electron chi connectivity index (χ4n) is 1.78. The third-order valence-electron chi connectivity index (χ3n) is 2.75. The van der Waals surface area contributed by atoms with Gasteiger partial charge < -0.3 is 0 Å². The second-order valence-corrected chi connectivity index (χ2v) is 5.05. The third-order valence-corrected chi connectivity index (χ3v) is 3.97. The van der Waals surface area contributed by atoms with Gasteiger partial charge in [-0.15, -0.1) is 0 Å². The summed E-state index contributed by atoms with van der Waals surface area (Å²) in [6, 6.07) is 2.01. The number of hydrogen-bond acceptors (Lipinski definition) is 4. The third kappa shape index (κ3) is 2.84. The molecule has 2 heterocycles. The van der Waals surface area contributed by atoms with Crippen LogP contribution in [0.5, 0.6) is 0 Å². The van der Waals surface area contributed by atoms with Crippen molar-refractivity contribution >= 4 is 22.9 Å². The first-order valence-corrected chi connectivity index (χ1v) is 6.61. The molecule has 0 radical (unpaired) electrons. The minimum Gasteiger partial charge on any atom is -0.271 e. The van der Waals surface area contributed by atoms with Crippen LogP contribution in [0.4, 0.5) is 0 Å². The van der Waals surface area contributed by atoms with Gasteiger partial charge in [0, 0.05) is 12.4 Å². The molecule has 0 bridgehead atoms. The minimum absolute atomic E-state index is 0.0844. The van der Waals surface area contributed by atoms with Crippen LogP contribution < -0.4 is 11.3 Å². The molecule has 3 nitrogen and oxygen atoms in total. The molecule has 3 N–H and O–H groups in total. The first-order chi connectivity index (χ1) is 8.22. The van der Waals surface area contributed by atoms with Crippen molar-refractivity contribution in [3.63, 3.8) is 0 Å². The fourth-order valence-corrected chi connectivity index (χ4v) is 2.88. The van der Waals surface area contributed by atoms with E-state index in [4.69, 9.17) is 17.4 Å². The molecule has 17 heavy (non-hydrogen) atoms. The van der Waals surface area contributed by atoms with Gasteiger partial charge in [-0.3, -0.25) is 16.3 Å². The number of thiophene rings is 1. The first kappa shape index (κ1) is 12.5. The maximum Gasteiger partial charge on any atom is 0.0622 e. The molecule has 2 rings (SSSR count). The zero-order valence-electron chi connectivity index (χ0n) is 9.48. The molecule has 1 atom stereocenters. The number of nitrogens with one attached hydrogen (secondary N) is 1. The van der Waals surface area contributed by atoms with E-state index in [2.05, 4.69) is 28.1 Å². The van der Waals surface area contributed by atoms with E-state index in [9.17, 15) is 0 Å². The minimum atomic E-state index is 0.0844. The number of hydrogen-bond donors (Lipinski definition) is 2. The normalized spacial score (nSPS) is 12.6. The van der Waals surface area contributed by atoms with Gasteiger partial charge >= 0.3 is 0 Å². The van der Waals surface area contributed by atoms with Crippen molar-refractivity contribution in [3.05, 3.63) is 50.9 Å². The van der Waals surface area contributed by atoms with E-state index < -0.39 is 0 Å². The highest BCUT2D eigenvalue weighted by molar-refractivity contribution is 7.08. The predicted octanol–water partition coefficient (Wildman–Crippen LogP) is 2.85. The van der Waals surface area contributed by atoms with E-state index in [1.807, 2.05) is 6.07 Å². The first-order valence-electron chi connectivity index (χ1n) is 5.29. The summed E-state index contributed by atoms with van der Waals surface area (Å²) in [5.74, 6) is 5.63. The van der Waals surface area contributed by atoms with Crippen LogP contribution in [0.2, 0.25) is 5.02 Å². The topological polar surface area (TPSA) is 50.9 Å². The number of halogens is 1. The molecule has 0 aliphatic heterocycles. The Hall–Kier alpha value is -0.940. The number of aromatic nitrogens is 1. The highest BCUT2D eigenvalue weighted by Crippen LogP contribution is 2.26. The van der Waals surface area contributed by atoms with Gasteiger partial charge in [0.25, 0.3) is 0 Å². The van der Waals surface area contributed by atoms with Gasteiger partial charge in [-0.05, 0) is 46.9 Å². The fraction of sp³-hybridized carbons (Fsp3) is 0.250. The summed E-state index contributed by atoms with van der Waals surface area (Å²) in [5, 5.41) is 4.92. The molecular formula is C12H14ClN3S. The number of nitrogens with zero attached hydrogens (tertiary/aromatic N) is 1. The zero-order valence-corrected chi connectivity index (χ0v) is 11.1. The number of rotatable bonds is 4. The van der Waals surface area contributed by atoms with Crippen LogP contribution in [0.1, 0.15) is 22.7 Å². The average Bonchev–Trinajstić information content (AvgIpc) is 2.75. The molecule has 0 fully saturated rings. The lowest BCUT2D eigenvalue weighted by atomic mass is 10.00. The van der Waals surface area contributed by atoms with Crippen molar-refractivity contribution in [2.75, 3.05) is 0 Å². The molecule has 0 aromatic carbocycles. The highest BCUT2D eigenvalue weighted by atomic mass is 35.5. The number of nitrogens with two attached hydrogens (primary N) is 1. The highest BCUT2D eigenvalue weighted by Gasteiger charge is 2.15. The number of hydrazine groups is 1. The van der Waals surface area contributed by atoms with Crippen molar-refractivity contribution in [2.24, 2.45) is 5.84 Å². The number of pyridine rings is 1. The van der Waals surface area contributed by atoms with Gasteiger partial charge in [0.2, 0.25) is 0 Å². The summed E-state index contributed by atoms with van der Waals surface area (Å²) in [5.41, 5.74) is 6.38. The standard InChI is InChI=1S/C12H14ClN3S/c1-8-6-17-7-10(8)12(16-14)4-9-2-3-15-5-11(9)13/h2-3,5-7,12,16H,4,14H2,1H3. The van der Waals surface area contributed by atoms with E-state index in [-0.39, 0.29) is 6.04 Å². The monoisotopic (exact) mass is 267 g/mol. The molecule has 0 amide bonds. The van der Waals surface area contributed by atoms with Crippen LogP contribution in [0, 0.1) is 6.92 Å². The quantitative estimate of drug-likeness (QED) is 0.662. The summed E-state index contributed by atoms with van der Waals surface area (Å²) in [6.07, 6.45) is 4.16. The van der Waals surface area contributed by atoms with Gasteiger partial charge in [-0.1, -0.05) is 11.6 Å². The molecule has 0 spiro atoms. The summed E-state index contributed by atoms with van der Waals surface area (Å²) in [6.45, 7) is 2.09. The maximum atomic E-state index is 6.10. The molecule has 5 heteroatoms. The van der Waals surface area contributed by atoms with Crippen LogP contribution in [-0.4, -0.2) is 4.98 Å².